The van der Waals surface area contributed by atoms with Crippen LogP contribution in [0.3, 0.4) is 0 Å². The zero-order chi connectivity index (χ0) is 36.7. The van der Waals surface area contributed by atoms with Crippen molar-refractivity contribution in [1.82, 2.24) is 25.8 Å². The molecule has 12 heteroatoms. The Hall–Kier alpha value is -3.61. The minimum atomic E-state index is -3.87. The average Bonchev–Trinajstić information content (AvgIpc) is 3.05. The Morgan fingerprint density at radius 3 is 2.30 bits per heavy atom. The van der Waals surface area contributed by atoms with E-state index in [-0.39, 0.29) is 18.9 Å². The summed E-state index contributed by atoms with van der Waals surface area (Å²) in [6.07, 6.45) is 11.2. The molecule has 0 spiro atoms. The summed E-state index contributed by atoms with van der Waals surface area (Å²) >= 11 is 0. The molecule has 4 rings (SSSR count). The quantitative estimate of drug-likeness (QED) is 0.231. The van der Waals surface area contributed by atoms with Gasteiger partial charge in [-0.25, -0.2) is 8.42 Å². The molecule has 2 aliphatic rings. The Kier molecular flexibility index (Phi) is 13.0. The van der Waals surface area contributed by atoms with Gasteiger partial charge in [-0.3, -0.25) is 24.3 Å². The molecule has 6 atom stereocenters. The summed E-state index contributed by atoms with van der Waals surface area (Å²) < 4.78 is 24.3. The maximum atomic E-state index is 14.1. The lowest BCUT2D eigenvalue weighted by Crippen LogP contribution is -2.64. The SMILES string of the molecule is CC(C)(C)NC(=O)[C@@H]1CC2CCCCC2CN1C[C@@H](O)[C@H](Cc1ccccc1)NC(=O)[C@@H](NC(=O)/C=C/c1cccnc1)C(C)(C)S(C)(=O)=O. The number of aliphatic hydroxyl groups excluding tert-OH is 1. The molecule has 2 unspecified atom stereocenters. The number of β-amino-alcohol motifs (C(OH)–C–C–N with tert-alkyl or cyclic N) is 1. The summed E-state index contributed by atoms with van der Waals surface area (Å²) in [5.41, 5.74) is 1.09. The molecule has 0 bridgehead atoms. The van der Waals surface area contributed by atoms with Crippen molar-refractivity contribution < 1.29 is 27.9 Å². The fourth-order valence-corrected chi connectivity index (χ4v) is 7.61. The van der Waals surface area contributed by atoms with E-state index in [2.05, 4.69) is 25.8 Å². The number of likely N-dealkylation sites (tertiary alicyclic amines) is 1. The lowest BCUT2D eigenvalue weighted by atomic mass is 9.72. The maximum absolute atomic E-state index is 14.1. The van der Waals surface area contributed by atoms with Gasteiger partial charge in [-0.15, -0.1) is 0 Å². The molecule has 1 saturated heterocycles. The van der Waals surface area contributed by atoms with Gasteiger partial charge in [-0.05, 0) is 89.0 Å². The van der Waals surface area contributed by atoms with Crippen LogP contribution in [-0.2, 0) is 30.6 Å². The van der Waals surface area contributed by atoms with Crippen molar-refractivity contribution in [2.75, 3.05) is 19.3 Å². The molecule has 1 aromatic heterocycles. The first-order valence-electron chi connectivity index (χ1n) is 17.6. The second-order valence-electron chi connectivity index (χ2n) is 15.6. The molecule has 0 radical (unpaired) electrons. The van der Waals surface area contributed by atoms with Crippen LogP contribution in [-0.4, -0.2) is 95.0 Å². The third-order valence-corrected chi connectivity index (χ3v) is 12.3. The van der Waals surface area contributed by atoms with Crippen LogP contribution in [0.15, 0.2) is 60.9 Å². The van der Waals surface area contributed by atoms with Crippen LogP contribution < -0.4 is 16.0 Å². The lowest BCUT2D eigenvalue weighted by Gasteiger charge is -2.47. The summed E-state index contributed by atoms with van der Waals surface area (Å²) in [5, 5.41) is 20.6. The number of aromatic nitrogens is 1. The fourth-order valence-electron chi connectivity index (χ4n) is 7.02. The Labute approximate surface area is 297 Å². The van der Waals surface area contributed by atoms with E-state index in [1.54, 1.807) is 24.5 Å². The number of nitrogens with one attached hydrogen (secondary N) is 3. The van der Waals surface area contributed by atoms with Crippen LogP contribution >= 0.6 is 0 Å². The highest BCUT2D eigenvalue weighted by Gasteiger charge is 2.46. The summed E-state index contributed by atoms with van der Waals surface area (Å²) in [5.74, 6) is -0.603. The smallest absolute Gasteiger partial charge is 0.244 e. The van der Waals surface area contributed by atoms with Gasteiger partial charge in [0.1, 0.15) is 6.04 Å². The number of amides is 3. The number of benzene rings is 1. The highest BCUT2D eigenvalue weighted by molar-refractivity contribution is 7.92. The number of nitrogens with zero attached hydrogens (tertiary/aromatic N) is 2. The van der Waals surface area contributed by atoms with Crippen molar-refractivity contribution in [3.05, 3.63) is 72.1 Å². The Morgan fingerprint density at radius 1 is 1.00 bits per heavy atom. The van der Waals surface area contributed by atoms with Crippen molar-refractivity contribution >= 4 is 33.6 Å². The molecule has 50 heavy (non-hydrogen) atoms. The van der Waals surface area contributed by atoms with Crippen molar-refractivity contribution in [3.8, 4) is 0 Å². The first-order valence-corrected chi connectivity index (χ1v) is 19.5. The maximum Gasteiger partial charge on any atom is 0.244 e. The number of aliphatic hydroxyl groups is 1. The van der Waals surface area contributed by atoms with Gasteiger partial charge in [-0.2, -0.15) is 0 Å². The van der Waals surface area contributed by atoms with E-state index in [4.69, 9.17) is 0 Å². The molecule has 3 amide bonds. The number of carbonyl (C=O) groups is 3. The highest BCUT2D eigenvalue weighted by atomic mass is 32.2. The van der Waals surface area contributed by atoms with E-state index in [0.717, 1.165) is 37.5 Å². The molecule has 1 aliphatic heterocycles. The van der Waals surface area contributed by atoms with Gasteiger partial charge in [0.25, 0.3) is 0 Å². The van der Waals surface area contributed by atoms with Crippen LogP contribution in [0.25, 0.3) is 6.08 Å². The number of carbonyl (C=O) groups excluding carboxylic acids is 3. The Balaban J connectivity index is 1.61. The molecule has 2 heterocycles. The fraction of sp³-hybridized carbons (Fsp3) is 0.579. The van der Waals surface area contributed by atoms with Crippen LogP contribution in [0.5, 0.6) is 0 Å². The number of piperidine rings is 1. The van der Waals surface area contributed by atoms with Crippen LogP contribution in [0, 0.1) is 11.8 Å². The lowest BCUT2D eigenvalue weighted by molar-refractivity contribution is -0.133. The average molecular weight is 710 g/mol. The number of hydrogen-bond donors (Lipinski definition) is 4. The van der Waals surface area contributed by atoms with E-state index in [1.807, 2.05) is 51.1 Å². The number of sulfone groups is 1. The van der Waals surface area contributed by atoms with Gasteiger partial charge in [-0.1, -0.05) is 55.7 Å². The van der Waals surface area contributed by atoms with Crippen molar-refractivity contribution in [1.29, 1.82) is 0 Å². The molecule has 4 N–H and O–H groups in total. The second kappa shape index (κ2) is 16.6. The molecule has 11 nitrogen and oxygen atoms in total. The van der Waals surface area contributed by atoms with Crippen LogP contribution in [0.2, 0.25) is 0 Å². The first kappa shape index (κ1) is 39.2. The van der Waals surface area contributed by atoms with E-state index >= 15 is 0 Å². The van der Waals surface area contributed by atoms with E-state index in [1.165, 1.54) is 26.0 Å². The van der Waals surface area contributed by atoms with Gasteiger partial charge in [0.2, 0.25) is 17.7 Å². The first-order chi connectivity index (χ1) is 23.4. The molecule has 1 aromatic carbocycles. The largest absolute Gasteiger partial charge is 0.390 e. The molecule has 1 saturated carbocycles. The highest BCUT2D eigenvalue weighted by Crippen LogP contribution is 2.39. The Morgan fingerprint density at radius 2 is 1.68 bits per heavy atom. The predicted molar refractivity (Wildman–Crippen MR) is 196 cm³/mol. The summed E-state index contributed by atoms with van der Waals surface area (Å²) in [4.78, 5) is 47.0. The Bertz CT molecular complexity index is 1590. The van der Waals surface area contributed by atoms with Gasteiger partial charge in [0.15, 0.2) is 9.84 Å². The van der Waals surface area contributed by atoms with E-state index in [9.17, 15) is 27.9 Å². The number of fused-ring (bicyclic) bond motifs is 1. The molecule has 274 valence electrons. The number of rotatable bonds is 13. The number of pyridine rings is 1. The van der Waals surface area contributed by atoms with Gasteiger partial charge >= 0.3 is 0 Å². The standard InChI is InChI=1S/C38H55N5O6S/c1-37(2,3)42-35(46)31-22-28-16-10-11-17-29(28)24-43(31)25-32(44)30(21-26-13-8-7-9-14-26)40-36(47)34(38(4,5)50(6,48)49)41-33(45)19-18-27-15-12-20-39-23-27/h7-9,12-15,18-20,23,28-32,34,44H,10-11,16-17,21-22,24-25H2,1-6H3,(H,40,47)(H,41,45)(H,42,46)/b19-18+/t28?,29?,30-,31-,32+,34+/m0/s1. The van der Waals surface area contributed by atoms with Gasteiger partial charge in [0, 0.05) is 43.4 Å². The zero-order valence-corrected chi connectivity index (χ0v) is 31.1. The second-order valence-corrected chi connectivity index (χ2v) is 18.2. The zero-order valence-electron chi connectivity index (χ0n) is 30.3. The summed E-state index contributed by atoms with van der Waals surface area (Å²) in [6, 6.07) is 10.1. The van der Waals surface area contributed by atoms with Crippen molar-refractivity contribution in [3.63, 3.8) is 0 Å². The van der Waals surface area contributed by atoms with Crippen LogP contribution in [0.1, 0.15) is 77.8 Å². The van der Waals surface area contributed by atoms with Gasteiger partial charge in [0.05, 0.1) is 22.9 Å². The van der Waals surface area contributed by atoms with Crippen molar-refractivity contribution in [2.45, 2.75) is 108 Å². The molecule has 1 aliphatic carbocycles. The molecular formula is C38H55N5O6S. The predicted octanol–water partition coefficient (Wildman–Crippen LogP) is 3.29. The minimum Gasteiger partial charge on any atom is -0.390 e. The monoisotopic (exact) mass is 709 g/mol. The third-order valence-electron chi connectivity index (χ3n) is 10.1. The van der Waals surface area contributed by atoms with E-state index < -0.39 is 56.2 Å². The normalized spacial score (nSPS) is 22.2. The van der Waals surface area contributed by atoms with E-state index in [0.29, 0.717) is 30.4 Å². The molecule has 2 fully saturated rings. The van der Waals surface area contributed by atoms with Crippen molar-refractivity contribution in [2.24, 2.45) is 11.8 Å². The van der Waals surface area contributed by atoms with Gasteiger partial charge < -0.3 is 21.1 Å². The van der Waals surface area contributed by atoms with Crippen LogP contribution in [0.4, 0.5) is 0 Å². The minimum absolute atomic E-state index is 0.0746. The summed E-state index contributed by atoms with van der Waals surface area (Å²) in [7, 11) is -3.87. The summed E-state index contributed by atoms with van der Waals surface area (Å²) in [6.45, 7) is 9.43. The topological polar surface area (TPSA) is 158 Å². The number of hydrogen-bond acceptors (Lipinski definition) is 8. The third kappa shape index (κ3) is 10.7. The molecular weight excluding hydrogens is 655 g/mol. The molecule has 2 aromatic rings.